The number of hydrogen-bond acceptors (Lipinski definition) is 2. The Kier molecular flexibility index (Phi) is 3.68. The number of benzene rings is 2. The third kappa shape index (κ3) is 2.54. The topological polar surface area (TPSA) is 40.5 Å². The van der Waals surface area contributed by atoms with Crippen LogP contribution in [0.25, 0.3) is 0 Å². The normalized spacial score (nSPS) is 12.4. The highest BCUT2D eigenvalue weighted by molar-refractivity contribution is 5.38. The van der Waals surface area contributed by atoms with E-state index in [4.69, 9.17) is 0 Å². The Balaban J connectivity index is 2.27. The van der Waals surface area contributed by atoms with Gasteiger partial charge in [-0.3, -0.25) is 0 Å². The lowest BCUT2D eigenvalue weighted by molar-refractivity contribution is 0.174. The summed E-state index contributed by atoms with van der Waals surface area (Å²) in [5.74, 6) is 0.149. The van der Waals surface area contributed by atoms with Crippen molar-refractivity contribution in [2.24, 2.45) is 0 Å². The molecule has 2 aromatic carbocycles. The molecule has 2 N–H and O–H groups in total. The van der Waals surface area contributed by atoms with Crippen molar-refractivity contribution < 1.29 is 10.2 Å². The van der Waals surface area contributed by atoms with Gasteiger partial charge in [0.05, 0.1) is 6.10 Å². The summed E-state index contributed by atoms with van der Waals surface area (Å²) in [4.78, 5) is 0. The van der Waals surface area contributed by atoms with Crippen molar-refractivity contribution in [2.75, 3.05) is 0 Å². The fourth-order valence-corrected chi connectivity index (χ4v) is 2.24. The summed E-state index contributed by atoms with van der Waals surface area (Å²) in [5.41, 5.74) is 4.07. The lowest BCUT2D eigenvalue weighted by Gasteiger charge is -2.16. The molecule has 1 unspecified atom stereocenters. The van der Waals surface area contributed by atoms with Gasteiger partial charge in [-0.05, 0) is 36.6 Å². The van der Waals surface area contributed by atoms with Crippen LogP contribution in [0.5, 0.6) is 5.75 Å². The molecule has 0 saturated carbocycles. The Labute approximate surface area is 108 Å². The van der Waals surface area contributed by atoms with Crippen LogP contribution in [-0.2, 0) is 6.42 Å². The number of rotatable bonds is 3. The standard InChI is InChI=1S/C16H18O2/c1-11-6-5-7-12(2)14(11)10-16(18)13-8-3-4-9-15(13)17/h3-9,16-18H,10H2,1-2H3. The largest absolute Gasteiger partial charge is 0.508 e. The molecule has 0 amide bonds. The molecule has 0 saturated heterocycles. The molecule has 0 radical (unpaired) electrons. The lowest BCUT2D eigenvalue weighted by Crippen LogP contribution is -2.05. The van der Waals surface area contributed by atoms with Gasteiger partial charge in [0.15, 0.2) is 0 Å². The van der Waals surface area contributed by atoms with E-state index in [0.717, 1.165) is 5.56 Å². The van der Waals surface area contributed by atoms with Crippen LogP contribution < -0.4 is 0 Å². The van der Waals surface area contributed by atoms with Gasteiger partial charge in [-0.15, -0.1) is 0 Å². The Bertz CT molecular complexity index is 526. The smallest absolute Gasteiger partial charge is 0.121 e. The van der Waals surface area contributed by atoms with Crippen molar-refractivity contribution >= 4 is 0 Å². The number of aliphatic hydroxyl groups excluding tert-OH is 1. The third-order valence-corrected chi connectivity index (χ3v) is 3.34. The Hall–Kier alpha value is -1.80. The molecule has 0 aliphatic rings. The minimum absolute atomic E-state index is 0.149. The van der Waals surface area contributed by atoms with E-state index in [2.05, 4.69) is 0 Å². The van der Waals surface area contributed by atoms with E-state index in [9.17, 15) is 10.2 Å². The molecule has 94 valence electrons. The first-order valence-electron chi connectivity index (χ1n) is 6.10. The SMILES string of the molecule is Cc1cccc(C)c1CC(O)c1ccccc1O. The van der Waals surface area contributed by atoms with Crippen molar-refractivity contribution in [3.8, 4) is 5.75 Å². The quantitative estimate of drug-likeness (QED) is 0.867. The maximum Gasteiger partial charge on any atom is 0.121 e. The van der Waals surface area contributed by atoms with E-state index in [1.54, 1.807) is 18.2 Å². The molecule has 0 heterocycles. The molecule has 0 aliphatic carbocycles. The van der Waals surface area contributed by atoms with Gasteiger partial charge in [0.2, 0.25) is 0 Å². The fraction of sp³-hybridized carbons (Fsp3) is 0.250. The molecule has 1 atom stereocenters. The molecule has 2 nitrogen and oxygen atoms in total. The second-order valence-electron chi connectivity index (χ2n) is 4.65. The second kappa shape index (κ2) is 5.23. The first kappa shape index (κ1) is 12.7. The van der Waals surface area contributed by atoms with E-state index >= 15 is 0 Å². The Morgan fingerprint density at radius 2 is 1.56 bits per heavy atom. The van der Waals surface area contributed by atoms with E-state index in [0.29, 0.717) is 12.0 Å². The zero-order valence-electron chi connectivity index (χ0n) is 10.7. The summed E-state index contributed by atoms with van der Waals surface area (Å²) in [6, 6.07) is 13.0. The molecule has 18 heavy (non-hydrogen) atoms. The number of aromatic hydroxyl groups is 1. The number of hydrogen-bond donors (Lipinski definition) is 2. The molecule has 0 aliphatic heterocycles. The minimum atomic E-state index is -0.675. The van der Waals surface area contributed by atoms with Gasteiger partial charge in [-0.2, -0.15) is 0 Å². The molecule has 0 fully saturated rings. The van der Waals surface area contributed by atoms with Gasteiger partial charge in [0.25, 0.3) is 0 Å². The van der Waals surface area contributed by atoms with E-state index in [-0.39, 0.29) is 5.75 Å². The van der Waals surface area contributed by atoms with Crippen LogP contribution in [0.3, 0.4) is 0 Å². The van der Waals surface area contributed by atoms with Crippen LogP contribution in [-0.4, -0.2) is 10.2 Å². The summed E-state index contributed by atoms with van der Waals surface area (Å²) in [6.07, 6.45) is -0.151. The van der Waals surface area contributed by atoms with Crippen LogP contribution >= 0.6 is 0 Å². The number of para-hydroxylation sites is 1. The summed E-state index contributed by atoms with van der Waals surface area (Å²) >= 11 is 0. The molecule has 0 aromatic heterocycles. The molecule has 2 rings (SSSR count). The van der Waals surface area contributed by atoms with Crippen LogP contribution in [0.15, 0.2) is 42.5 Å². The fourth-order valence-electron chi connectivity index (χ4n) is 2.24. The Morgan fingerprint density at radius 3 is 2.17 bits per heavy atom. The van der Waals surface area contributed by atoms with E-state index < -0.39 is 6.10 Å². The average molecular weight is 242 g/mol. The van der Waals surface area contributed by atoms with Crippen molar-refractivity contribution in [3.63, 3.8) is 0 Å². The summed E-state index contributed by atoms with van der Waals surface area (Å²) in [7, 11) is 0. The zero-order chi connectivity index (χ0) is 13.1. The zero-order valence-corrected chi connectivity index (χ0v) is 10.7. The van der Waals surface area contributed by atoms with Gasteiger partial charge < -0.3 is 10.2 Å². The lowest BCUT2D eigenvalue weighted by atomic mass is 9.94. The number of phenolic OH excluding ortho intramolecular Hbond substituents is 1. The highest BCUT2D eigenvalue weighted by Crippen LogP contribution is 2.28. The first-order valence-corrected chi connectivity index (χ1v) is 6.10. The number of aliphatic hydroxyl groups is 1. The molecule has 2 heteroatoms. The van der Waals surface area contributed by atoms with Crippen molar-refractivity contribution in [2.45, 2.75) is 26.4 Å². The maximum atomic E-state index is 10.2. The molecular weight excluding hydrogens is 224 g/mol. The molecular formula is C16H18O2. The monoisotopic (exact) mass is 242 g/mol. The number of aryl methyl sites for hydroxylation is 2. The first-order chi connectivity index (χ1) is 8.59. The van der Waals surface area contributed by atoms with Gasteiger partial charge >= 0.3 is 0 Å². The third-order valence-electron chi connectivity index (χ3n) is 3.34. The average Bonchev–Trinajstić information content (AvgIpc) is 2.34. The van der Waals surface area contributed by atoms with E-state index in [1.165, 1.54) is 11.1 Å². The van der Waals surface area contributed by atoms with Crippen LogP contribution in [0.4, 0.5) is 0 Å². The summed E-state index contributed by atoms with van der Waals surface area (Å²) in [6.45, 7) is 4.08. The second-order valence-corrected chi connectivity index (χ2v) is 4.65. The highest BCUT2D eigenvalue weighted by Gasteiger charge is 2.14. The highest BCUT2D eigenvalue weighted by atomic mass is 16.3. The molecule has 2 aromatic rings. The van der Waals surface area contributed by atoms with Crippen LogP contribution in [0.2, 0.25) is 0 Å². The van der Waals surface area contributed by atoms with Gasteiger partial charge in [-0.25, -0.2) is 0 Å². The molecule has 0 bridgehead atoms. The Morgan fingerprint density at radius 1 is 0.944 bits per heavy atom. The number of phenols is 1. The predicted molar refractivity (Wildman–Crippen MR) is 72.7 cm³/mol. The van der Waals surface area contributed by atoms with Crippen LogP contribution in [0.1, 0.15) is 28.4 Å². The predicted octanol–water partition coefficient (Wildman–Crippen LogP) is 3.29. The van der Waals surface area contributed by atoms with Gasteiger partial charge in [0, 0.05) is 12.0 Å². The van der Waals surface area contributed by atoms with Crippen LogP contribution in [0, 0.1) is 13.8 Å². The summed E-state index contributed by atoms with van der Waals surface area (Å²) < 4.78 is 0. The van der Waals surface area contributed by atoms with Gasteiger partial charge in [-0.1, -0.05) is 36.4 Å². The summed E-state index contributed by atoms with van der Waals surface area (Å²) in [5, 5.41) is 20.0. The molecule has 0 spiro atoms. The van der Waals surface area contributed by atoms with Crippen molar-refractivity contribution in [3.05, 3.63) is 64.7 Å². The van der Waals surface area contributed by atoms with Gasteiger partial charge in [0.1, 0.15) is 5.75 Å². The minimum Gasteiger partial charge on any atom is -0.508 e. The van der Waals surface area contributed by atoms with Crippen molar-refractivity contribution in [1.29, 1.82) is 0 Å². The van der Waals surface area contributed by atoms with E-state index in [1.807, 2.05) is 38.1 Å². The van der Waals surface area contributed by atoms with Crippen molar-refractivity contribution in [1.82, 2.24) is 0 Å². The maximum absolute atomic E-state index is 10.2.